The number of nitrogens with zero attached hydrogens (tertiary/aromatic N) is 2. The van der Waals surface area contributed by atoms with Gasteiger partial charge in [0.1, 0.15) is 0 Å². The summed E-state index contributed by atoms with van der Waals surface area (Å²) in [6.07, 6.45) is 1.26. The predicted molar refractivity (Wildman–Crippen MR) is 108 cm³/mol. The number of aromatic nitrogens is 2. The van der Waals surface area contributed by atoms with Gasteiger partial charge in [0.25, 0.3) is 11.7 Å². The number of hydrogen-bond donors (Lipinski definition) is 1. The molecular formula is C22H19N3O5. The van der Waals surface area contributed by atoms with Crippen molar-refractivity contribution in [3.63, 3.8) is 0 Å². The van der Waals surface area contributed by atoms with Crippen molar-refractivity contribution in [3.05, 3.63) is 65.9 Å². The third-order valence-corrected chi connectivity index (χ3v) is 4.37. The quantitative estimate of drug-likeness (QED) is 0.397. The predicted octanol–water partition coefficient (Wildman–Crippen LogP) is 3.84. The standard InChI is InChI=1S/C22H19N3O5/c1-13-4-6-14(7-5-13)18-24-19(30-25-18)15-8-10-16(11-9-15)23-12-17-20(26)28-22(2,3)29-21(17)27/h4-12,23H,1-3H3. The molecule has 1 aromatic heterocycles. The fraction of sp³-hybridized carbons (Fsp3) is 0.182. The molecule has 0 atom stereocenters. The molecule has 0 radical (unpaired) electrons. The summed E-state index contributed by atoms with van der Waals surface area (Å²) in [5.74, 6) is -1.86. The van der Waals surface area contributed by atoms with Gasteiger partial charge in [-0.25, -0.2) is 9.59 Å². The average molecular weight is 405 g/mol. The Balaban J connectivity index is 1.47. The molecule has 1 saturated heterocycles. The molecule has 2 heterocycles. The molecular weight excluding hydrogens is 386 g/mol. The summed E-state index contributed by atoms with van der Waals surface area (Å²) in [6, 6.07) is 14.9. The second kappa shape index (κ2) is 7.47. The minimum absolute atomic E-state index is 0.210. The Morgan fingerprint density at radius 1 is 0.900 bits per heavy atom. The van der Waals surface area contributed by atoms with Crippen LogP contribution in [-0.2, 0) is 19.1 Å². The highest BCUT2D eigenvalue weighted by Gasteiger charge is 2.38. The largest absolute Gasteiger partial charge is 0.419 e. The zero-order chi connectivity index (χ0) is 21.3. The van der Waals surface area contributed by atoms with Gasteiger partial charge in [0.05, 0.1) is 0 Å². The smallest absolute Gasteiger partial charge is 0.350 e. The number of nitrogens with one attached hydrogen (secondary N) is 1. The zero-order valence-corrected chi connectivity index (χ0v) is 16.6. The third-order valence-electron chi connectivity index (χ3n) is 4.37. The first kappa shape index (κ1) is 19.4. The third kappa shape index (κ3) is 4.07. The average Bonchev–Trinajstić information content (AvgIpc) is 3.17. The fourth-order valence-electron chi connectivity index (χ4n) is 2.80. The highest BCUT2D eigenvalue weighted by atomic mass is 16.7. The van der Waals surface area contributed by atoms with E-state index in [0.717, 1.165) is 16.7 Å². The summed E-state index contributed by atoms with van der Waals surface area (Å²) in [7, 11) is 0. The van der Waals surface area contributed by atoms with Crippen molar-refractivity contribution in [2.45, 2.75) is 26.6 Å². The Labute approximate surface area is 172 Å². The first-order valence-corrected chi connectivity index (χ1v) is 9.25. The van der Waals surface area contributed by atoms with Crippen LogP contribution < -0.4 is 5.32 Å². The van der Waals surface area contributed by atoms with E-state index < -0.39 is 17.7 Å². The zero-order valence-electron chi connectivity index (χ0n) is 16.6. The molecule has 0 saturated carbocycles. The van der Waals surface area contributed by atoms with E-state index in [4.69, 9.17) is 14.0 Å². The normalized spacial score (nSPS) is 15.4. The number of anilines is 1. The van der Waals surface area contributed by atoms with Crippen molar-refractivity contribution in [2.75, 3.05) is 5.32 Å². The number of esters is 2. The maximum absolute atomic E-state index is 12.0. The van der Waals surface area contributed by atoms with Gasteiger partial charge in [-0.15, -0.1) is 0 Å². The number of benzene rings is 2. The van der Waals surface area contributed by atoms with Crippen molar-refractivity contribution in [2.24, 2.45) is 0 Å². The van der Waals surface area contributed by atoms with Crippen LogP contribution in [0.15, 0.2) is 64.8 Å². The van der Waals surface area contributed by atoms with Crippen molar-refractivity contribution in [1.82, 2.24) is 10.1 Å². The SMILES string of the molecule is Cc1ccc(-c2noc(-c3ccc(NC=C4C(=O)OC(C)(C)OC4=O)cc3)n2)cc1. The first-order chi connectivity index (χ1) is 14.3. The monoisotopic (exact) mass is 405 g/mol. The summed E-state index contributed by atoms with van der Waals surface area (Å²) in [4.78, 5) is 28.3. The minimum atomic E-state index is -1.27. The number of carbonyl (C=O) groups excluding carboxylic acids is 2. The van der Waals surface area contributed by atoms with Crippen LogP contribution in [0.5, 0.6) is 0 Å². The molecule has 8 heteroatoms. The lowest BCUT2D eigenvalue weighted by Crippen LogP contribution is -2.42. The summed E-state index contributed by atoms with van der Waals surface area (Å²) in [5, 5.41) is 6.91. The van der Waals surface area contributed by atoms with E-state index in [1.807, 2.05) is 31.2 Å². The Kier molecular flexibility index (Phi) is 4.83. The molecule has 0 aliphatic carbocycles. The summed E-state index contributed by atoms with van der Waals surface area (Å²) < 4.78 is 15.5. The fourth-order valence-corrected chi connectivity index (χ4v) is 2.80. The van der Waals surface area contributed by atoms with E-state index in [2.05, 4.69) is 15.5 Å². The molecule has 0 amide bonds. The molecule has 3 aromatic rings. The maximum atomic E-state index is 12.0. The van der Waals surface area contributed by atoms with Crippen molar-refractivity contribution in [3.8, 4) is 22.8 Å². The molecule has 1 aliphatic rings. The van der Waals surface area contributed by atoms with Gasteiger partial charge in [-0.3, -0.25) is 0 Å². The lowest BCUT2D eigenvalue weighted by molar-refractivity contribution is -0.222. The molecule has 2 aromatic carbocycles. The number of rotatable bonds is 4. The summed E-state index contributed by atoms with van der Waals surface area (Å²) in [5.41, 5.74) is 3.19. The number of carbonyl (C=O) groups is 2. The van der Waals surface area contributed by atoms with Gasteiger partial charge in [-0.2, -0.15) is 4.98 Å². The van der Waals surface area contributed by atoms with Gasteiger partial charge in [-0.05, 0) is 31.2 Å². The van der Waals surface area contributed by atoms with Crippen molar-refractivity contribution in [1.29, 1.82) is 0 Å². The van der Waals surface area contributed by atoms with Gasteiger partial charge >= 0.3 is 11.9 Å². The molecule has 30 heavy (non-hydrogen) atoms. The molecule has 8 nitrogen and oxygen atoms in total. The van der Waals surface area contributed by atoms with E-state index in [-0.39, 0.29) is 5.57 Å². The maximum Gasteiger partial charge on any atom is 0.350 e. The first-order valence-electron chi connectivity index (χ1n) is 9.25. The van der Waals surface area contributed by atoms with E-state index in [1.54, 1.807) is 24.3 Å². The molecule has 0 bridgehead atoms. The highest BCUT2D eigenvalue weighted by molar-refractivity contribution is 6.15. The van der Waals surface area contributed by atoms with Gasteiger partial charge in [0.15, 0.2) is 5.57 Å². The van der Waals surface area contributed by atoms with Crippen molar-refractivity contribution < 1.29 is 23.6 Å². The molecule has 1 aliphatic heterocycles. The van der Waals surface area contributed by atoms with E-state index in [1.165, 1.54) is 20.0 Å². The molecule has 1 N–H and O–H groups in total. The summed E-state index contributed by atoms with van der Waals surface area (Å²) in [6.45, 7) is 5.00. The Bertz CT molecular complexity index is 1110. The van der Waals surface area contributed by atoms with Gasteiger partial charge < -0.3 is 19.3 Å². The number of aryl methyl sites for hydroxylation is 1. The number of cyclic esters (lactones) is 2. The van der Waals surface area contributed by atoms with Crippen LogP contribution in [0.3, 0.4) is 0 Å². The molecule has 0 unspecified atom stereocenters. The topological polar surface area (TPSA) is 104 Å². The number of ether oxygens (including phenoxy) is 2. The van der Waals surface area contributed by atoms with Crippen LogP contribution in [0.4, 0.5) is 5.69 Å². The van der Waals surface area contributed by atoms with Gasteiger partial charge in [-0.1, -0.05) is 35.0 Å². The highest BCUT2D eigenvalue weighted by Crippen LogP contribution is 2.25. The van der Waals surface area contributed by atoms with E-state index >= 15 is 0 Å². The summed E-state index contributed by atoms with van der Waals surface area (Å²) >= 11 is 0. The lowest BCUT2D eigenvalue weighted by atomic mass is 10.1. The van der Waals surface area contributed by atoms with Crippen LogP contribution in [0.1, 0.15) is 19.4 Å². The molecule has 152 valence electrons. The Morgan fingerprint density at radius 2 is 1.50 bits per heavy atom. The molecule has 1 fully saturated rings. The molecule has 4 rings (SSSR count). The van der Waals surface area contributed by atoms with Crippen LogP contribution in [-0.4, -0.2) is 27.9 Å². The van der Waals surface area contributed by atoms with E-state index in [9.17, 15) is 9.59 Å². The lowest BCUT2D eigenvalue weighted by Gasteiger charge is -2.29. The van der Waals surface area contributed by atoms with Gasteiger partial charge in [0.2, 0.25) is 5.82 Å². The van der Waals surface area contributed by atoms with E-state index in [0.29, 0.717) is 17.4 Å². The Hall–Kier alpha value is -3.94. The second-order valence-corrected chi connectivity index (χ2v) is 7.25. The van der Waals surface area contributed by atoms with Crippen molar-refractivity contribution >= 4 is 17.6 Å². The second-order valence-electron chi connectivity index (χ2n) is 7.25. The molecule has 0 spiro atoms. The minimum Gasteiger partial charge on any atom is -0.419 e. The van der Waals surface area contributed by atoms with Gasteiger partial charge in [0, 0.05) is 36.9 Å². The van der Waals surface area contributed by atoms with Crippen LogP contribution in [0, 0.1) is 6.92 Å². The van der Waals surface area contributed by atoms with Crippen LogP contribution >= 0.6 is 0 Å². The Morgan fingerprint density at radius 3 is 2.13 bits per heavy atom. The van der Waals surface area contributed by atoms with Crippen LogP contribution in [0.2, 0.25) is 0 Å². The number of hydrogen-bond acceptors (Lipinski definition) is 8. The van der Waals surface area contributed by atoms with Crippen LogP contribution in [0.25, 0.3) is 22.8 Å².